The van der Waals surface area contributed by atoms with Gasteiger partial charge < -0.3 is 0 Å². The van der Waals surface area contributed by atoms with Crippen LogP contribution in [0.5, 0.6) is 0 Å². The summed E-state index contributed by atoms with van der Waals surface area (Å²) in [6, 6.07) is 7.59. The third-order valence-corrected chi connectivity index (χ3v) is 4.23. The summed E-state index contributed by atoms with van der Waals surface area (Å²) in [5.41, 5.74) is 1.48. The van der Waals surface area contributed by atoms with E-state index < -0.39 is 9.05 Å². The molecule has 2 heterocycles. The molecule has 0 atom stereocenters. The Bertz CT molecular complexity index is 912. The van der Waals surface area contributed by atoms with Crippen LogP contribution in [0.2, 0.25) is 0 Å². The smallest absolute Gasteiger partial charge is 0.296 e. The molecule has 0 saturated heterocycles. The van der Waals surface area contributed by atoms with E-state index in [1.807, 2.05) is 24.3 Å². The molecule has 0 aliphatic heterocycles. The Kier molecular flexibility index (Phi) is 2.80. The average molecular weight is 312 g/mol. The lowest BCUT2D eigenvalue weighted by molar-refractivity contribution is 0.593. The first kappa shape index (κ1) is 13.1. The van der Waals surface area contributed by atoms with Gasteiger partial charge in [0.25, 0.3) is 14.2 Å². The normalized spacial score (nSPS) is 12.2. The molecule has 9 heteroatoms. The Morgan fingerprint density at radius 1 is 1.15 bits per heavy atom. The van der Waals surface area contributed by atoms with Crippen LogP contribution in [-0.4, -0.2) is 33.0 Å². The highest BCUT2D eigenvalue weighted by atomic mass is 35.7. The average Bonchev–Trinajstić information content (AvgIpc) is 2.91. The van der Waals surface area contributed by atoms with E-state index in [9.17, 15) is 8.42 Å². The van der Waals surface area contributed by atoms with Gasteiger partial charge in [0.15, 0.2) is 5.82 Å². The second kappa shape index (κ2) is 4.29. The standard InChI is InChI=1S/C11H10ClN5O2S/c1-16-10(13-14-11(16)20(12,18)19)9-7-5-3-4-6-8(7)17(2)15-9/h3-6H,1-2H3. The fourth-order valence-electron chi connectivity index (χ4n) is 2.11. The number of aromatic nitrogens is 5. The zero-order chi connectivity index (χ0) is 14.5. The molecule has 0 spiro atoms. The molecule has 0 radical (unpaired) electrons. The Hall–Kier alpha value is -1.93. The maximum absolute atomic E-state index is 11.4. The van der Waals surface area contributed by atoms with Crippen LogP contribution in [0, 0.1) is 0 Å². The van der Waals surface area contributed by atoms with Crippen molar-refractivity contribution in [3.8, 4) is 11.5 Å². The summed E-state index contributed by atoms with van der Waals surface area (Å²) < 4.78 is 25.8. The molecule has 0 saturated carbocycles. The maximum atomic E-state index is 11.4. The van der Waals surface area contributed by atoms with Gasteiger partial charge in [0.05, 0.1) is 5.52 Å². The van der Waals surface area contributed by atoms with Gasteiger partial charge in [-0.05, 0) is 6.07 Å². The lowest BCUT2D eigenvalue weighted by Gasteiger charge is -1.99. The highest BCUT2D eigenvalue weighted by Gasteiger charge is 2.23. The predicted octanol–water partition coefficient (Wildman–Crippen LogP) is 1.30. The molecule has 3 aromatic rings. The summed E-state index contributed by atoms with van der Waals surface area (Å²) in [4.78, 5) is 0. The molecule has 1 aromatic carbocycles. The van der Waals surface area contributed by atoms with Crippen LogP contribution in [-0.2, 0) is 23.1 Å². The van der Waals surface area contributed by atoms with E-state index in [4.69, 9.17) is 10.7 Å². The van der Waals surface area contributed by atoms with Crippen LogP contribution in [0.3, 0.4) is 0 Å². The first-order valence-electron chi connectivity index (χ1n) is 5.66. The van der Waals surface area contributed by atoms with E-state index in [1.54, 1.807) is 11.7 Å². The molecule has 3 rings (SSSR count). The number of rotatable bonds is 2. The van der Waals surface area contributed by atoms with Gasteiger partial charge in [-0.25, -0.2) is 8.42 Å². The Labute approximate surface area is 119 Å². The minimum absolute atomic E-state index is 0.302. The van der Waals surface area contributed by atoms with E-state index in [-0.39, 0.29) is 5.16 Å². The number of para-hydroxylation sites is 1. The first-order valence-corrected chi connectivity index (χ1v) is 7.96. The fraction of sp³-hybridized carbons (Fsp3) is 0.182. The van der Waals surface area contributed by atoms with Crippen molar-refractivity contribution in [1.29, 1.82) is 0 Å². The molecular weight excluding hydrogens is 302 g/mol. The van der Waals surface area contributed by atoms with Crippen molar-refractivity contribution in [3.05, 3.63) is 24.3 Å². The van der Waals surface area contributed by atoms with Gasteiger partial charge in [-0.1, -0.05) is 18.2 Å². The summed E-state index contributed by atoms with van der Waals surface area (Å²) in [5.74, 6) is 0.348. The van der Waals surface area contributed by atoms with Crippen LogP contribution in [0.25, 0.3) is 22.4 Å². The van der Waals surface area contributed by atoms with Crippen LogP contribution >= 0.6 is 10.7 Å². The molecule has 0 bridgehead atoms. The molecule has 104 valence electrons. The van der Waals surface area contributed by atoms with Gasteiger partial charge >= 0.3 is 0 Å². The summed E-state index contributed by atoms with van der Waals surface area (Å²) in [5, 5.41) is 12.4. The third-order valence-electron chi connectivity index (χ3n) is 3.02. The summed E-state index contributed by atoms with van der Waals surface area (Å²) in [7, 11) is 4.71. The molecule has 0 fully saturated rings. The first-order chi connectivity index (χ1) is 9.39. The quantitative estimate of drug-likeness (QED) is 0.666. The highest BCUT2D eigenvalue weighted by Crippen LogP contribution is 2.27. The maximum Gasteiger partial charge on any atom is 0.296 e. The summed E-state index contributed by atoms with van der Waals surface area (Å²) >= 11 is 0. The van der Waals surface area contributed by atoms with Gasteiger partial charge in [-0.3, -0.25) is 9.25 Å². The largest absolute Gasteiger partial charge is 0.299 e. The zero-order valence-corrected chi connectivity index (χ0v) is 12.2. The highest BCUT2D eigenvalue weighted by molar-refractivity contribution is 8.13. The topological polar surface area (TPSA) is 82.7 Å². The van der Waals surface area contributed by atoms with E-state index in [2.05, 4.69) is 15.3 Å². The molecule has 0 unspecified atom stereocenters. The van der Waals surface area contributed by atoms with Crippen LogP contribution in [0.4, 0.5) is 0 Å². The van der Waals surface area contributed by atoms with Gasteiger partial charge in [0, 0.05) is 30.2 Å². The van der Waals surface area contributed by atoms with Crippen molar-refractivity contribution in [3.63, 3.8) is 0 Å². The van der Waals surface area contributed by atoms with Crippen molar-refractivity contribution >= 4 is 30.6 Å². The lowest BCUT2D eigenvalue weighted by Crippen LogP contribution is -2.03. The van der Waals surface area contributed by atoms with Crippen molar-refractivity contribution in [2.75, 3.05) is 0 Å². The number of nitrogens with zero attached hydrogens (tertiary/aromatic N) is 5. The van der Waals surface area contributed by atoms with Crippen molar-refractivity contribution in [2.45, 2.75) is 5.16 Å². The molecule has 7 nitrogen and oxygen atoms in total. The predicted molar refractivity (Wildman–Crippen MR) is 73.7 cm³/mol. The second-order valence-electron chi connectivity index (χ2n) is 4.29. The Balaban J connectivity index is 2.30. The number of hydrogen-bond donors (Lipinski definition) is 0. The van der Waals surface area contributed by atoms with E-state index in [0.29, 0.717) is 11.5 Å². The van der Waals surface area contributed by atoms with Crippen molar-refractivity contribution in [1.82, 2.24) is 24.5 Å². The minimum atomic E-state index is -3.94. The molecule has 0 N–H and O–H groups in total. The second-order valence-corrected chi connectivity index (χ2v) is 6.75. The monoisotopic (exact) mass is 311 g/mol. The number of hydrogen-bond acceptors (Lipinski definition) is 5. The molecule has 20 heavy (non-hydrogen) atoms. The third kappa shape index (κ3) is 1.88. The number of benzene rings is 1. The summed E-state index contributed by atoms with van der Waals surface area (Å²) in [6.07, 6.45) is 0. The van der Waals surface area contributed by atoms with Crippen LogP contribution in [0.1, 0.15) is 0 Å². The van der Waals surface area contributed by atoms with Crippen molar-refractivity contribution < 1.29 is 8.42 Å². The zero-order valence-electron chi connectivity index (χ0n) is 10.6. The van der Waals surface area contributed by atoms with E-state index >= 15 is 0 Å². The van der Waals surface area contributed by atoms with Gasteiger partial charge in [-0.2, -0.15) is 5.10 Å². The van der Waals surface area contributed by atoms with Gasteiger partial charge in [0.1, 0.15) is 5.69 Å². The lowest BCUT2D eigenvalue weighted by atomic mass is 10.2. The SMILES string of the molecule is Cn1c(-c2nn(C)c3ccccc23)nnc1S(=O)(=O)Cl. The molecule has 0 amide bonds. The summed E-state index contributed by atoms with van der Waals surface area (Å²) in [6.45, 7) is 0. The fourth-order valence-corrected chi connectivity index (χ4v) is 3.07. The van der Waals surface area contributed by atoms with Gasteiger partial charge in [-0.15, -0.1) is 10.2 Å². The molecular formula is C11H10ClN5O2S. The van der Waals surface area contributed by atoms with Crippen LogP contribution in [0.15, 0.2) is 29.4 Å². The number of fused-ring (bicyclic) bond motifs is 1. The molecule has 0 aliphatic carbocycles. The van der Waals surface area contributed by atoms with E-state index in [0.717, 1.165) is 10.9 Å². The van der Waals surface area contributed by atoms with Crippen LogP contribution < -0.4 is 0 Å². The minimum Gasteiger partial charge on any atom is -0.299 e. The molecule has 2 aromatic heterocycles. The Morgan fingerprint density at radius 2 is 1.85 bits per heavy atom. The number of halogens is 1. The molecule has 0 aliphatic rings. The number of aryl methyl sites for hydroxylation is 1. The van der Waals surface area contributed by atoms with E-state index in [1.165, 1.54) is 11.6 Å². The Morgan fingerprint density at radius 3 is 2.50 bits per heavy atom. The van der Waals surface area contributed by atoms with Crippen molar-refractivity contribution in [2.24, 2.45) is 14.1 Å². The van der Waals surface area contributed by atoms with Gasteiger partial charge in [0.2, 0.25) is 0 Å².